The van der Waals surface area contributed by atoms with Crippen LogP contribution in [0.2, 0.25) is 0 Å². The first-order chi connectivity index (χ1) is 9.28. The molecule has 0 radical (unpaired) electrons. The van der Waals surface area contributed by atoms with Crippen molar-refractivity contribution in [1.82, 2.24) is 10.2 Å². The number of aliphatic hydroxyl groups is 1. The number of aliphatic hydroxyl groups excluding tert-OH is 1. The van der Waals surface area contributed by atoms with E-state index in [1.165, 1.54) is 64.6 Å². The van der Waals surface area contributed by atoms with Crippen molar-refractivity contribution >= 4 is 0 Å². The Kier molecular flexibility index (Phi) is 6.11. The van der Waals surface area contributed by atoms with E-state index < -0.39 is 0 Å². The Morgan fingerprint density at radius 1 is 1.21 bits per heavy atom. The third kappa shape index (κ3) is 4.44. The Balaban J connectivity index is 1.90. The lowest BCUT2D eigenvalue weighted by molar-refractivity contribution is 0.0577. The zero-order chi connectivity index (χ0) is 13.6. The molecule has 0 bridgehead atoms. The van der Waals surface area contributed by atoms with Crippen LogP contribution < -0.4 is 5.32 Å². The van der Waals surface area contributed by atoms with Gasteiger partial charge in [0.05, 0.1) is 0 Å². The molecule has 2 fully saturated rings. The van der Waals surface area contributed by atoms with E-state index in [2.05, 4.69) is 17.1 Å². The average Bonchev–Trinajstić information content (AvgIpc) is 2.46. The minimum atomic E-state index is 0.372. The SMILES string of the molecule is CCNCC1(CN2CCCC(CO)C2)CCCCC1. The minimum absolute atomic E-state index is 0.372. The Morgan fingerprint density at radius 2 is 2.00 bits per heavy atom. The van der Waals surface area contributed by atoms with Crippen LogP contribution in [0.4, 0.5) is 0 Å². The van der Waals surface area contributed by atoms with Gasteiger partial charge in [-0.2, -0.15) is 0 Å². The number of nitrogens with zero attached hydrogens (tertiary/aromatic N) is 1. The van der Waals surface area contributed by atoms with E-state index in [4.69, 9.17) is 0 Å². The maximum absolute atomic E-state index is 9.38. The standard InChI is InChI=1S/C16H32N2O/c1-2-17-13-16(8-4-3-5-9-16)14-18-10-6-7-15(11-18)12-19/h15,17,19H,2-14H2,1H3. The second-order valence-electron chi connectivity index (χ2n) is 6.77. The van der Waals surface area contributed by atoms with Gasteiger partial charge in [-0.05, 0) is 50.1 Å². The summed E-state index contributed by atoms with van der Waals surface area (Å²) in [5, 5.41) is 13.0. The summed E-state index contributed by atoms with van der Waals surface area (Å²) >= 11 is 0. The number of rotatable bonds is 6. The van der Waals surface area contributed by atoms with Gasteiger partial charge in [0.15, 0.2) is 0 Å². The Morgan fingerprint density at radius 3 is 2.68 bits per heavy atom. The zero-order valence-electron chi connectivity index (χ0n) is 12.7. The normalized spacial score (nSPS) is 28.4. The van der Waals surface area contributed by atoms with Gasteiger partial charge in [0.25, 0.3) is 0 Å². The molecule has 0 aromatic rings. The lowest BCUT2D eigenvalue weighted by Crippen LogP contribution is -2.48. The molecule has 3 heteroatoms. The molecule has 0 aromatic heterocycles. The molecule has 2 N–H and O–H groups in total. The zero-order valence-corrected chi connectivity index (χ0v) is 12.7. The molecule has 1 saturated carbocycles. The molecule has 1 heterocycles. The van der Waals surface area contributed by atoms with Crippen LogP contribution in [0.5, 0.6) is 0 Å². The quantitative estimate of drug-likeness (QED) is 0.775. The first-order valence-electron chi connectivity index (χ1n) is 8.32. The second-order valence-corrected chi connectivity index (χ2v) is 6.77. The van der Waals surface area contributed by atoms with Crippen LogP contribution in [0, 0.1) is 11.3 Å². The molecule has 3 nitrogen and oxygen atoms in total. The average molecular weight is 268 g/mol. The van der Waals surface area contributed by atoms with Crippen LogP contribution in [0.3, 0.4) is 0 Å². The third-order valence-electron chi connectivity index (χ3n) is 5.08. The fourth-order valence-corrected chi connectivity index (χ4v) is 4.00. The Bertz CT molecular complexity index is 251. The monoisotopic (exact) mass is 268 g/mol. The Hall–Kier alpha value is -0.120. The number of likely N-dealkylation sites (tertiary alicyclic amines) is 1. The summed E-state index contributed by atoms with van der Waals surface area (Å²) in [6.07, 6.45) is 9.49. The predicted molar refractivity (Wildman–Crippen MR) is 80.3 cm³/mol. The molecule has 1 aliphatic carbocycles. The molecule has 2 rings (SSSR count). The van der Waals surface area contributed by atoms with Crippen LogP contribution in [-0.4, -0.2) is 49.3 Å². The highest BCUT2D eigenvalue weighted by Crippen LogP contribution is 2.37. The molecular formula is C16H32N2O. The van der Waals surface area contributed by atoms with Crippen molar-refractivity contribution in [3.05, 3.63) is 0 Å². The topological polar surface area (TPSA) is 35.5 Å². The fourth-order valence-electron chi connectivity index (χ4n) is 4.00. The molecule has 0 aromatic carbocycles. The molecule has 1 aliphatic heterocycles. The van der Waals surface area contributed by atoms with Crippen LogP contribution in [-0.2, 0) is 0 Å². The van der Waals surface area contributed by atoms with Crippen LogP contribution in [0.1, 0.15) is 51.9 Å². The predicted octanol–water partition coefficient (Wildman–Crippen LogP) is 2.25. The van der Waals surface area contributed by atoms with E-state index in [9.17, 15) is 5.11 Å². The molecule has 19 heavy (non-hydrogen) atoms. The molecule has 0 amide bonds. The minimum Gasteiger partial charge on any atom is -0.396 e. The molecule has 1 atom stereocenters. The summed E-state index contributed by atoms with van der Waals surface area (Å²) in [6.45, 7) is 8.45. The lowest BCUT2D eigenvalue weighted by Gasteiger charge is -2.43. The molecule has 2 aliphatic rings. The number of nitrogens with one attached hydrogen (secondary N) is 1. The van der Waals surface area contributed by atoms with Crippen molar-refractivity contribution in [3.8, 4) is 0 Å². The maximum Gasteiger partial charge on any atom is 0.0471 e. The van der Waals surface area contributed by atoms with Gasteiger partial charge in [0.1, 0.15) is 0 Å². The van der Waals surface area contributed by atoms with E-state index in [0.29, 0.717) is 17.9 Å². The Labute approximate surface area is 118 Å². The van der Waals surface area contributed by atoms with E-state index in [0.717, 1.165) is 13.1 Å². The van der Waals surface area contributed by atoms with Gasteiger partial charge in [0.2, 0.25) is 0 Å². The van der Waals surface area contributed by atoms with Crippen molar-refractivity contribution < 1.29 is 5.11 Å². The molecule has 1 unspecified atom stereocenters. The number of piperidine rings is 1. The van der Waals surface area contributed by atoms with E-state index in [1.807, 2.05) is 0 Å². The van der Waals surface area contributed by atoms with E-state index in [1.54, 1.807) is 0 Å². The summed E-state index contributed by atoms with van der Waals surface area (Å²) in [5.41, 5.74) is 0.506. The fraction of sp³-hybridized carbons (Fsp3) is 1.00. The number of hydrogen-bond donors (Lipinski definition) is 2. The van der Waals surface area contributed by atoms with Crippen molar-refractivity contribution in [2.45, 2.75) is 51.9 Å². The third-order valence-corrected chi connectivity index (χ3v) is 5.08. The summed E-state index contributed by atoms with van der Waals surface area (Å²) < 4.78 is 0. The van der Waals surface area contributed by atoms with Crippen molar-refractivity contribution in [2.75, 3.05) is 39.3 Å². The van der Waals surface area contributed by atoms with Crippen LogP contribution >= 0.6 is 0 Å². The van der Waals surface area contributed by atoms with Crippen LogP contribution in [0.15, 0.2) is 0 Å². The van der Waals surface area contributed by atoms with Crippen molar-refractivity contribution in [3.63, 3.8) is 0 Å². The maximum atomic E-state index is 9.38. The molecule has 1 saturated heterocycles. The summed E-state index contributed by atoms with van der Waals surface area (Å²) in [4.78, 5) is 2.63. The molecule has 112 valence electrons. The van der Waals surface area contributed by atoms with Gasteiger partial charge in [-0.25, -0.2) is 0 Å². The summed E-state index contributed by atoms with van der Waals surface area (Å²) in [5.74, 6) is 0.522. The highest BCUT2D eigenvalue weighted by atomic mass is 16.3. The summed E-state index contributed by atoms with van der Waals surface area (Å²) in [7, 11) is 0. The highest BCUT2D eigenvalue weighted by Gasteiger charge is 2.34. The highest BCUT2D eigenvalue weighted by molar-refractivity contribution is 4.89. The second kappa shape index (κ2) is 7.61. The smallest absolute Gasteiger partial charge is 0.0471 e. The van der Waals surface area contributed by atoms with Crippen molar-refractivity contribution in [2.24, 2.45) is 11.3 Å². The number of hydrogen-bond acceptors (Lipinski definition) is 3. The summed E-state index contributed by atoms with van der Waals surface area (Å²) in [6, 6.07) is 0. The van der Waals surface area contributed by atoms with Gasteiger partial charge in [-0.15, -0.1) is 0 Å². The molecule has 0 spiro atoms. The van der Waals surface area contributed by atoms with E-state index >= 15 is 0 Å². The van der Waals surface area contributed by atoms with Crippen LogP contribution in [0.25, 0.3) is 0 Å². The van der Waals surface area contributed by atoms with Gasteiger partial charge >= 0.3 is 0 Å². The van der Waals surface area contributed by atoms with Gasteiger partial charge in [-0.1, -0.05) is 26.2 Å². The first-order valence-corrected chi connectivity index (χ1v) is 8.32. The van der Waals surface area contributed by atoms with Crippen molar-refractivity contribution in [1.29, 1.82) is 0 Å². The van der Waals surface area contributed by atoms with Gasteiger partial charge in [0, 0.05) is 26.2 Å². The van der Waals surface area contributed by atoms with Gasteiger partial charge < -0.3 is 15.3 Å². The lowest BCUT2D eigenvalue weighted by atomic mass is 9.73. The largest absolute Gasteiger partial charge is 0.396 e. The first kappa shape index (κ1) is 15.3. The van der Waals surface area contributed by atoms with E-state index in [-0.39, 0.29) is 0 Å². The van der Waals surface area contributed by atoms with Gasteiger partial charge in [-0.3, -0.25) is 0 Å². The molecular weight excluding hydrogens is 236 g/mol.